The number of methoxy groups -OCH3 is 1. The molecule has 34 heavy (non-hydrogen) atoms. The molecule has 5 rings (SSSR count). The molecule has 10 heteroatoms. The molecular weight excluding hydrogens is 437 g/mol. The highest BCUT2D eigenvalue weighted by Gasteiger charge is 2.43. The smallest absolute Gasteiger partial charge is 0.185 e. The zero-order valence-corrected chi connectivity index (χ0v) is 18.8. The zero-order chi connectivity index (χ0) is 23.8. The van der Waals surface area contributed by atoms with Crippen molar-refractivity contribution < 1.29 is 14.2 Å². The quantitative estimate of drug-likeness (QED) is 0.591. The summed E-state index contributed by atoms with van der Waals surface area (Å²) < 4.78 is 20.1. The van der Waals surface area contributed by atoms with Crippen molar-refractivity contribution in [3.05, 3.63) is 42.4 Å². The maximum Gasteiger partial charge on any atom is 0.185 e. The summed E-state index contributed by atoms with van der Waals surface area (Å²) >= 11 is 0. The number of hydrogen-bond acceptors (Lipinski definition) is 9. The van der Waals surface area contributed by atoms with Crippen molar-refractivity contribution in [2.24, 2.45) is 0 Å². The number of fused-ring (bicyclic) bond motifs is 2. The molecule has 2 saturated heterocycles. The van der Waals surface area contributed by atoms with Crippen LogP contribution < -0.4 is 15.0 Å². The molecule has 3 aromatic rings. The van der Waals surface area contributed by atoms with Crippen LogP contribution in [-0.4, -0.2) is 63.7 Å². The number of hydrogen-bond donors (Lipinski definition) is 2. The monoisotopic (exact) mass is 461 g/mol. The van der Waals surface area contributed by atoms with Gasteiger partial charge in [-0.1, -0.05) is 6.07 Å². The number of nitriles is 1. The maximum absolute atomic E-state index is 14.9. The number of nitrogens with one attached hydrogen (secondary N) is 1. The summed E-state index contributed by atoms with van der Waals surface area (Å²) in [6.07, 6.45) is 4.70. The lowest BCUT2D eigenvalue weighted by molar-refractivity contribution is 0.176. The molecule has 0 radical (unpaired) electrons. The van der Waals surface area contributed by atoms with Gasteiger partial charge in [0.1, 0.15) is 18.0 Å². The number of halogens is 1. The molecule has 0 amide bonds. The Morgan fingerprint density at radius 2 is 2.03 bits per heavy atom. The summed E-state index contributed by atoms with van der Waals surface area (Å²) in [4.78, 5) is 10.3. The van der Waals surface area contributed by atoms with Gasteiger partial charge >= 0.3 is 0 Å². The predicted octanol–water partition coefficient (Wildman–Crippen LogP) is 2.85. The minimum Gasteiger partial charge on any atom is -0.507 e. The molecule has 2 aromatic heterocycles. The molecule has 0 unspecified atom stereocenters. The van der Waals surface area contributed by atoms with Crippen molar-refractivity contribution in [3.8, 4) is 40.1 Å². The number of phenolic OH excluding ortho intramolecular Hbond substituents is 1. The van der Waals surface area contributed by atoms with Gasteiger partial charge < -0.3 is 20.1 Å². The van der Waals surface area contributed by atoms with E-state index in [0.717, 1.165) is 19.3 Å². The van der Waals surface area contributed by atoms with Crippen molar-refractivity contribution in [3.63, 3.8) is 0 Å². The van der Waals surface area contributed by atoms with Gasteiger partial charge in [-0.2, -0.15) is 5.26 Å². The summed E-state index contributed by atoms with van der Waals surface area (Å²) in [7, 11) is 3.29. The average molecular weight is 462 g/mol. The van der Waals surface area contributed by atoms with Crippen LogP contribution in [0.1, 0.15) is 25.0 Å². The van der Waals surface area contributed by atoms with E-state index >= 15 is 0 Å². The highest BCUT2D eigenvalue weighted by Crippen LogP contribution is 2.35. The number of alkyl halides is 1. The third kappa shape index (κ3) is 3.88. The second kappa shape index (κ2) is 8.83. The number of rotatable bonds is 5. The summed E-state index contributed by atoms with van der Waals surface area (Å²) in [6.45, 7) is 0. The summed E-state index contributed by atoms with van der Waals surface area (Å²) in [6, 6.07) is 8.68. The third-order valence-electron chi connectivity index (χ3n) is 6.71. The standard InChI is InChI=1S/C24H24FN7O2/c1-32(19-9-15-4-6-17(29-15)23(19)25)22-12-28-24(31-30-22)16-5-3-13(7-20(16)33)14-8-21(34-2)18(10-26)27-11-14/h3,5,7-8,11-12,15,17,19,23,29,33H,4,6,9H2,1-2H3/t15-,17+,19-,23+/m0/s1. The number of benzene rings is 1. The molecule has 2 N–H and O–H groups in total. The minimum absolute atomic E-state index is 0.0255. The minimum atomic E-state index is -0.975. The van der Waals surface area contributed by atoms with Crippen LogP contribution in [0.4, 0.5) is 10.2 Å². The molecule has 2 aliphatic rings. The Kier molecular flexibility index (Phi) is 5.71. The van der Waals surface area contributed by atoms with E-state index in [1.54, 1.807) is 36.7 Å². The van der Waals surface area contributed by atoms with E-state index in [0.29, 0.717) is 34.3 Å². The number of nitrogens with zero attached hydrogens (tertiary/aromatic N) is 6. The Labute approximate surface area is 196 Å². The molecular formula is C24H24FN7O2. The van der Waals surface area contributed by atoms with Crippen molar-refractivity contribution in [1.82, 2.24) is 25.5 Å². The first-order valence-corrected chi connectivity index (χ1v) is 11.1. The summed E-state index contributed by atoms with van der Waals surface area (Å²) in [5, 5.41) is 31.5. The number of anilines is 1. The van der Waals surface area contributed by atoms with Crippen molar-refractivity contribution >= 4 is 5.82 Å². The Balaban J connectivity index is 1.36. The van der Waals surface area contributed by atoms with Crippen LogP contribution >= 0.6 is 0 Å². The highest BCUT2D eigenvalue weighted by atomic mass is 19.1. The SMILES string of the molecule is COc1cc(-c2ccc(-c3ncc(N(C)[C@H]4C[C@@H]5CC[C@@H](N5)[C@H]4F)nn3)c(O)c2)cnc1C#N. The number of pyridine rings is 1. The van der Waals surface area contributed by atoms with Crippen LogP contribution in [0.15, 0.2) is 36.7 Å². The number of aromatic hydroxyl groups is 1. The molecule has 2 fully saturated rings. The van der Waals surface area contributed by atoms with Crippen LogP contribution in [0.2, 0.25) is 0 Å². The number of aromatic nitrogens is 4. The van der Waals surface area contributed by atoms with Crippen LogP contribution in [0.5, 0.6) is 11.5 Å². The van der Waals surface area contributed by atoms with E-state index in [1.165, 1.54) is 7.11 Å². The molecule has 174 valence electrons. The van der Waals surface area contributed by atoms with Crippen LogP contribution in [0, 0.1) is 11.3 Å². The first-order valence-electron chi connectivity index (χ1n) is 11.1. The topological polar surface area (TPSA) is 120 Å². The Bertz CT molecular complexity index is 1250. The lowest BCUT2D eigenvalue weighted by Crippen LogP contribution is -2.55. The van der Waals surface area contributed by atoms with E-state index in [9.17, 15) is 9.50 Å². The molecule has 2 aliphatic heterocycles. The van der Waals surface area contributed by atoms with Crippen molar-refractivity contribution in [2.45, 2.75) is 43.6 Å². The molecule has 0 saturated carbocycles. The van der Waals surface area contributed by atoms with E-state index in [1.807, 2.05) is 18.0 Å². The molecule has 0 aliphatic carbocycles. The normalized spacial score (nSPS) is 23.4. The second-order valence-corrected chi connectivity index (χ2v) is 8.66. The lowest BCUT2D eigenvalue weighted by atomic mass is 9.96. The predicted molar refractivity (Wildman–Crippen MR) is 123 cm³/mol. The van der Waals surface area contributed by atoms with Gasteiger partial charge in [0, 0.05) is 30.9 Å². The Hall–Kier alpha value is -3.84. The van der Waals surface area contributed by atoms with Crippen LogP contribution in [-0.2, 0) is 0 Å². The van der Waals surface area contributed by atoms with Gasteiger partial charge in [-0.05, 0) is 43.0 Å². The van der Waals surface area contributed by atoms with Crippen molar-refractivity contribution in [2.75, 3.05) is 19.1 Å². The molecule has 0 spiro atoms. The number of piperidine rings is 1. The maximum atomic E-state index is 14.9. The van der Waals surface area contributed by atoms with Gasteiger partial charge in [-0.25, -0.2) is 14.4 Å². The molecule has 1 aromatic carbocycles. The van der Waals surface area contributed by atoms with Crippen molar-refractivity contribution in [1.29, 1.82) is 5.26 Å². The first kappa shape index (κ1) is 22.0. The van der Waals surface area contributed by atoms with Gasteiger partial charge in [0.25, 0.3) is 0 Å². The van der Waals surface area contributed by atoms with Crippen LogP contribution in [0.25, 0.3) is 22.5 Å². The van der Waals surface area contributed by atoms with Crippen LogP contribution in [0.3, 0.4) is 0 Å². The Morgan fingerprint density at radius 1 is 1.18 bits per heavy atom. The number of phenols is 1. The van der Waals surface area contributed by atoms with E-state index in [4.69, 9.17) is 10.00 Å². The fourth-order valence-electron chi connectivity index (χ4n) is 4.81. The van der Waals surface area contributed by atoms with Gasteiger partial charge in [-0.3, -0.25) is 0 Å². The molecule has 4 heterocycles. The van der Waals surface area contributed by atoms with Gasteiger partial charge in [0.15, 0.2) is 23.1 Å². The van der Waals surface area contributed by atoms with Gasteiger partial charge in [0.2, 0.25) is 0 Å². The summed E-state index contributed by atoms with van der Waals surface area (Å²) in [5.74, 6) is 1.08. The number of ether oxygens (including phenoxy) is 1. The second-order valence-electron chi connectivity index (χ2n) is 8.66. The summed E-state index contributed by atoms with van der Waals surface area (Å²) in [5.41, 5.74) is 1.98. The molecule has 9 nitrogen and oxygen atoms in total. The van der Waals surface area contributed by atoms with E-state index < -0.39 is 6.17 Å². The Morgan fingerprint density at radius 3 is 2.74 bits per heavy atom. The first-order chi connectivity index (χ1) is 16.5. The van der Waals surface area contributed by atoms with Gasteiger partial charge in [-0.15, -0.1) is 10.2 Å². The van der Waals surface area contributed by atoms with Gasteiger partial charge in [0.05, 0.1) is 24.9 Å². The molecule has 4 atom stereocenters. The molecule has 2 bridgehead atoms. The zero-order valence-electron chi connectivity index (χ0n) is 18.8. The lowest BCUT2D eigenvalue weighted by Gasteiger charge is -2.38. The fraction of sp³-hybridized carbons (Fsp3) is 0.375. The average Bonchev–Trinajstić information content (AvgIpc) is 3.28. The fourth-order valence-corrected chi connectivity index (χ4v) is 4.81. The van der Waals surface area contributed by atoms with E-state index in [-0.39, 0.29) is 29.4 Å². The van der Waals surface area contributed by atoms with E-state index in [2.05, 4.69) is 25.5 Å². The third-order valence-corrected chi connectivity index (χ3v) is 6.71. The highest BCUT2D eigenvalue weighted by molar-refractivity contribution is 5.73. The largest absolute Gasteiger partial charge is 0.507 e.